The highest BCUT2D eigenvalue weighted by atomic mass is 32.1. The zero-order chi connectivity index (χ0) is 9.14. The lowest BCUT2D eigenvalue weighted by Crippen LogP contribution is -2.17. The fraction of sp³-hybridized carbons (Fsp3) is 0.500. The Kier molecular flexibility index (Phi) is 2.81. The van der Waals surface area contributed by atoms with Crippen molar-refractivity contribution in [1.29, 1.82) is 0 Å². The highest BCUT2D eigenvalue weighted by molar-refractivity contribution is 7.09. The van der Waals surface area contributed by atoms with E-state index >= 15 is 0 Å². The Bertz CT molecular complexity index is 256. The molecule has 0 radical (unpaired) electrons. The van der Waals surface area contributed by atoms with Gasteiger partial charge in [-0.3, -0.25) is 4.79 Å². The summed E-state index contributed by atoms with van der Waals surface area (Å²) < 4.78 is 0. The number of carboxylic acids is 1. The van der Waals surface area contributed by atoms with Gasteiger partial charge in [-0.25, -0.2) is 4.98 Å². The topological polar surface area (TPSA) is 50.2 Å². The van der Waals surface area contributed by atoms with Gasteiger partial charge in [0, 0.05) is 11.6 Å². The monoisotopic (exact) mass is 185 g/mol. The van der Waals surface area contributed by atoms with Crippen molar-refractivity contribution in [3.05, 3.63) is 16.6 Å². The number of aliphatic carboxylic acids is 1. The molecule has 0 spiro atoms. The number of hydrogen-bond acceptors (Lipinski definition) is 3. The average Bonchev–Trinajstić information content (AvgIpc) is 2.37. The number of rotatable bonds is 3. The first-order valence-electron chi connectivity index (χ1n) is 3.75. The lowest BCUT2D eigenvalue weighted by Gasteiger charge is -2.12. The Hall–Kier alpha value is -0.900. The van der Waals surface area contributed by atoms with Crippen LogP contribution in [0.1, 0.15) is 24.8 Å². The van der Waals surface area contributed by atoms with Crippen LogP contribution in [0.5, 0.6) is 0 Å². The third-order valence-corrected chi connectivity index (χ3v) is 2.51. The summed E-state index contributed by atoms with van der Waals surface area (Å²) in [5.41, 5.74) is 0. The maximum absolute atomic E-state index is 10.8. The second-order valence-electron chi connectivity index (χ2n) is 2.93. The van der Waals surface area contributed by atoms with Crippen molar-refractivity contribution in [2.45, 2.75) is 19.8 Å². The van der Waals surface area contributed by atoms with E-state index in [9.17, 15) is 4.79 Å². The molecule has 1 N–H and O–H groups in total. The fourth-order valence-corrected chi connectivity index (χ4v) is 1.97. The first kappa shape index (κ1) is 9.19. The fourth-order valence-electron chi connectivity index (χ4n) is 1.06. The molecule has 0 aromatic carbocycles. The molecule has 0 fully saturated rings. The van der Waals surface area contributed by atoms with E-state index in [4.69, 9.17) is 5.11 Å². The van der Waals surface area contributed by atoms with E-state index in [1.807, 2.05) is 13.8 Å². The Morgan fingerprint density at radius 3 is 2.67 bits per heavy atom. The molecule has 0 saturated heterocycles. The van der Waals surface area contributed by atoms with Crippen molar-refractivity contribution in [3.63, 3.8) is 0 Å². The minimum absolute atomic E-state index is 0.0913. The SMILES string of the molecule is CC(C)C(C(=O)O)c1nccs1. The predicted octanol–water partition coefficient (Wildman–Crippen LogP) is 1.97. The van der Waals surface area contributed by atoms with Gasteiger partial charge in [-0.2, -0.15) is 0 Å². The molecule has 0 saturated carbocycles. The molecule has 1 aromatic rings. The van der Waals surface area contributed by atoms with Crippen molar-refractivity contribution in [2.24, 2.45) is 5.92 Å². The van der Waals surface area contributed by atoms with Gasteiger partial charge in [0.2, 0.25) is 0 Å². The number of nitrogens with zero attached hydrogens (tertiary/aromatic N) is 1. The van der Waals surface area contributed by atoms with E-state index < -0.39 is 11.9 Å². The molecule has 0 aliphatic carbocycles. The summed E-state index contributed by atoms with van der Waals surface area (Å²) in [6, 6.07) is 0. The van der Waals surface area contributed by atoms with Crippen LogP contribution < -0.4 is 0 Å². The number of carbonyl (C=O) groups is 1. The maximum atomic E-state index is 10.8. The third kappa shape index (κ3) is 1.82. The molecule has 12 heavy (non-hydrogen) atoms. The van der Waals surface area contributed by atoms with Crippen LogP contribution in [-0.2, 0) is 4.79 Å². The molecule has 3 nitrogen and oxygen atoms in total. The largest absolute Gasteiger partial charge is 0.481 e. The summed E-state index contributed by atoms with van der Waals surface area (Å²) in [7, 11) is 0. The summed E-state index contributed by atoms with van der Waals surface area (Å²) in [4.78, 5) is 14.8. The normalized spacial score (nSPS) is 13.2. The van der Waals surface area contributed by atoms with Crippen LogP contribution in [0.2, 0.25) is 0 Å². The Labute approximate surface area is 75.1 Å². The molecular formula is C8H11NO2S. The molecule has 0 bridgehead atoms. The zero-order valence-electron chi connectivity index (χ0n) is 7.02. The molecule has 1 unspecified atom stereocenters. The molecule has 1 atom stereocenters. The lowest BCUT2D eigenvalue weighted by molar-refractivity contribution is -0.139. The van der Waals surface area contributed by atoms with Gasteiger partial charge >= 0.3 is 5.97 Å². The van der Waals surface area contributed by atoms with Crippen LogP contribution >= 0.6 is 11.3 Å². The van der Waals surface area contributed by atoms with Gasteiger partial charge in [0.05, 0.1) is 0 Å². The van der Waals surface area contributed by atoms with Crippen molar-refractivity contribution < 1.29 is 9.90 Å². The molecule has 1 rings (SSSR count). The van der Waals surface area contributed by atoms with E-state index in [0.29, 0.717) is 5.01 Å². The third-order valence-electron chi connectivity index (χ3n) is 1.65. The quantitative estimate of drug-likeness (QED) is 0.783. The van der Waals surface area contributed by atoms with Gasteiger partial charge in [0.15, 0.2) is 0 Å². The van der Waals surface area contributed by atoms with E-state index in [1.165, 1.54) is 11.3 Å². The van der Waals surface area contributed by atoms with Crippen LogP contribution in [0.25, 0.3) is 0 Å². The maximum Gasteiger partial charge on any atom is 0.313 e. The van der Waals surface area contributed by atoms with E-state index in [0.717, 1.165) is 0 Å². The molecule has 4 heteroatoms. The van der Waals surface area contributed by atoms with Gasteiger partial charge in [0.25, 0.3) is 0 Å². The van der Waals surface area contributed by atoms with Gasteiger partial charge in [-0.05, 0) is 5.92 Å². The zero-order valence-corrected chi connectivity index (χ0v) is 7.84. The first-order valence-corrected chi connectivity index (χ1v) is 4.63. The van der Waals surface area contributed by atoms with Crippen molar-refractivity contribution in [2.75, 3.05) is 0 Å². The van der Waals surface area contributed by atoms with Gasteiger partial charge in [0.1, 0.15) is 10.9 Å². The second kappa shape index (κ2) is 3.67. The number of thiazole rings is 1. The minimum Gasteiger partial charge on any atom is -0.481 e. The van der Waals surface area contributed by atoms with Crippen LogP contribution in [-0.4, -0.2) is 16.1 Å². The number of hydrogen-bond donors (Lipinski definition) is 1. The standard InChI is InChI=1S/C8H11NO2S/c1-5(2)6(8(10)11)7-9-3-4-12-7/h3-6H,1-2H3,(H,10,11). The van der Waals surface area contributed by atoms with Crippen LogP contribution in [0.3, 0.4) is 0 Å². The average molecular weight is 185 g/mol. The molecule has 1 heterocycles. The number of aromatic nitrogens is 1. The Morgan fingerprint density at radius 2 is 2.33 bits per heavy atom. The summed E-state index contributed by atoms with van der Waals surface area (Å²) in [6.07, 6.45) is 1.64. The summed E-state index contributed by atoms with van der Waals surface area (Å²) in [5, 5.41) is 11.4. The van der Waals surface area contributed by atoms with Gasteiger partial charge < -0.3 is 5.11 Å². The van der Waals surface area contributed by atoms with Crippen LogP contribution in [0, 0.1) is 5.92 Å². The molecule has 0 aliphatic heterocycles. The Morgan fingerprint density at radius 1 is 1.67 bits per heavy atom. The van der Waals surface area contributed by atoms with Crippen LogP contribution in [0.4, 0.5) is 0 Å². The smallest absolute Gasteiger partial charge is 0.313 e. The lowest BCUT2D eigenvalue weighted by atomic mass is 9.97. The van der Waals surface area contributed by atoms with Crippen molar-refractivity contribution >= 4 is 17.3 Å². The predicted molar refractivity (Wildman–Crippen MR) is 47.3 cm³/mol. The molecule has 66 valence electrons. The highest BCUT2D eigenvalue weighted by Gasteiger charge is 2.25. The first-order chi connectivity index (χ1) is 5.63. The molecule has 0 amide bonds. The molecule has 0 aliphatic rings. The van der Waals surface area contributed by atoms with E-state index in [2.05, 4.69) is 4.98 Å². The number of carboxylic acid groups (broad SMARTS) is 1. The van der Waals surface area contributed by atoms with Gasteiger partial charge in [-0.1, -0.05) is 13.8 Å². The van der Waals surface area contributed by atoms with Crippen molar-refractivity contribution in [3.8, 4) is 0 Å². The highest BCUT2D eigenvalue weighted by Crippen LogP contribution is 2.25. The summed E-state index contributed by atoms with van der Waals surface area (Å²) >= 11 is 1.40. The summed E-state index contributed by atoms with van der Waals surface area (Å²) in [5.74, 6) is -1.15. The Balaban J connectivity index is 2.88. The molecular weight excluding hydrogens is 174 g/mol. The second-order valence-corrected chi connectivity index (χ2v) is 3.86. The van der Waals surface area contributed by atoms with Crippen molar-refractivity contribution in [1.82, 2.24) is 4.98 Å². The van der Waals surface area contributed by atoms with E-state index in [1.54, 1.807) is 11.6 Å². The van der Waals surface area contributed by atoms with E-state index in [-0.39, 0.29) is 5.92 Å². The van der Waals surface area contributed by atoms with Gasteiger partial charge in [-0.15, -0.1) is 11.3 Å². The minimum atomic E-state index is -0.792. The molecule has 1 aromatic heterocycles. The summed E-state index contributed by atoms with van der Waals surface area (Å²) in [6.45, 7) is 3.78. The van der Waals surface area contributed by atoms with Crippen LogP contribution in [0.15, 0.2) is 11.6 Å².